The Morgan fingerprint density at radius 3 is 2.65 bits per heavy atom. The van der Waals surface area contributed by atoms with Crippen molar-refractivity contribution in [1.29, 1.82) is 0 Å². The van der Waals surface area contributed by atoms with Crippen molar-refractivity contribution in [2.75, 3.05) is 31.1 Å². The summed E-state index contributed by atoms with van der Waals surface area (Å²) in [6, 6.07) is 6.61. The molecular weight excluding hydrogens is 208 g/mol. The lowest BCUT2D eigenvalue weighted by molar-refractivity contribution is 0.467. The van der Waals surface area contributed by atoms with E-state index < -0.39 is 0 Å². The molecule has 2 heteroatoms. The molecule has 0 saturated carbocycles. The fraction of sp³-hybridized carbons (Fsp3) is 0.600. The standard InChI is InChI=1S/C15H24N2/c1-12-10-16-8-5-9-17(11-12)15-13(2)6-4-7-14(15)3/h4,6-7,12,16H,5,8-11H2,1-3H3. The molecule has 0 aromatic heterocycles. The Kier molecular flexibility index (Phi) is 4.06. The summed E-state index contributed by atoms with van der Waals surface area (Å²) in [6.07, 6.45) is 1.24. The van der Waals surface area contributed by atoms with Crippen molar-refractivity contribution >= 4 is 5.69 Å². The minimum atomic E-state index is 0.717. The van der Waals surface area contributed by atoms with Gasteiger partial charge in [0.2, 0.25) is 0 Å². The maximum absolute atomic E-state index is 3.51. The van der Waals surface area contributed by atoms with E-state index in [4.69, 9.17) is 0 Å². The number of para-hydroxylation sites is 1. The highest BCUT2D eigenvalue weighted by Gasteiger charge is 2.16. The molecule has 1 aromatic carbocycles. The average molecular weight is 232 g/mol. The molecule has 1 N–H and O–H groups in total. The molecule has 0 radical (unpaired) electrons. The lowest BCUT2D eigenvalue weighted by atomic mass is 10.0. The van der Waals surface area contributed by atoms with Gasteiger partial charge in [-0.2, -0.15) is 0 Å². The fourth-order valence-corrected chi connectivity index (χ4v) is 2.78. The van der Waals surface area contributed by atoms with Gasteiger partial charge in [-0.3, -0.25) is 0 Å². The van der Waals surface area contributed by atoms with Gasteiger partial charge in [0.25, 0.3) is 0 Å². The lowest BCUT2D eigenvalue weighted by Crippen LogP contribution is -2.39. The van der Waals surface area contributed by atoms with Crippen LogP contribution in [-0.2, 0) is 0 Å². The molecule has 0 spiro atoms. The molecular formula is C15H24N2. The maximum Gasteiger partial charge on any atom is 0.0425 e. The zero-order chi connectivity index (χ0) is 12.3. The van der Waals surface area contributed by atoms with Crippen molar-refractivity contribution in [2.24, 2.45) is 5.92 Å². The van der Waals surface area contributed by atoms with E-state index in [1.807, 2.05) is 0 Å². The molecule has 1 aromatic rings. The summed E-state index contributed by atoms with van der Waals surface area (Å²) in [5.74, 6) is 0.717. The molecule has 1 heterocycles. The largest absolute Gasteiger partial charge is 0.371 e. The molecule has 1 aliphatic rings. The van der Waals surface area contributed by atoms with E-state index in [1.165, 1.54) is 36.3 Å². The Hall–Kier alpha value is -1.02. The molecule has 2 nitrogen and oxygen atoms in total. The third-order valence-corrected chi connectivity index (χ3v) is 3.56. The predicted octanol–water partition coefficient (Wildman–Crippen LogP) is 2.74. The zero-order valence-corrected chi connectivity index (χ0v) is 11.3. The second-order valence-corrected chi connectivity index (χ2v) is 5.35. The first kappa shape index (κ1) is 12.4. The Morgan fingerprint density at radius 1 is 1.24 bits per heavy atom. The summed E-state index contributed by atoms with van der Waals surface area (Å²) in [6.45, 7) is 11.4. The molecule has 1 fully saturated rings. The minimum Gasteiger partial charge on any atom is -0.371 e. The van der Waals surface area contributed by atoms with Gasteiger partial charge in [-0.25, -0.2) is 0 Å². The number of aryl methyl sites for hydroxylation is 2. The SMILES string of the molecule is Cc1cccc(C)c1N1CCCNCC(C)C1. The van der Waals surface area contributed by atoms with Crippen LogP contribution >= 0.6 is 0 Å². The third kappa shape index (κ3) is 3.01. The highest BCUT2D eigenvalue weighted by atomic mass is 15.1. The number of rotatable bonds is 1. The van der Waals surface area contributed by atoms with Gasteiger partial charge in [0.15, 0.2) is 0 Å². The number of nitrogens with one attached hydrogen (secondary N) is 1. The zero-order valence-electron chi connectivity index (χ0n) is 11.3. The van der Waals surface area contributed by atoms with E-state index in [-0.39, 0.29) is 0 Å². The molecule has 0 amide bonds. The van der Waals surface area contributed by atoms with E-state index in [0.717, 1.165) is 13.1 Å². The summed E-state index contributed by atoms with van der Waals surface area (Å²) in [7, 11) is 0. The maximum atomic E-state index is 3.51. The average Bonchev–Trinajstić information content (AvgIpc) is 2.24. The van der Waals surface area contributed by atoms with Gasteiger partial charge in [-0.1, -0.05) is 25.1 Å². The van der Waals surface area contributed by atoms with Crippen LogP contribution in [0, 0.1) is 19.8 Å². The number of hydrogen-bond donors (Lipinski definition) is 1. The Labute approximate surface area is 105 Å². The third-order valence-electron chi connectivity index (χ3n) is 3.56. The summed E-state index contributed by atoms with van der Waals surface area (Å²) in [5, 5.41) is 3.51. The lowest BCUT2D eigenvalue weighted by Gasteiger charge is -2.32. The summed E-state index contributed by atoms with van der Waals surface area (Å²) >= 11 is 0. The van der Waals surface area contributed by atoms with Crippen molar-refractivity contribution in [3.05, 3.63) is 29.3 Å². The second-order valence-electron chi connectivity index (χ2n) is 5.35. The molecule has 0 bridgehead atoms. The monoisotopic (exact) mass is 232 g/mol. The second kappa shape index (κ2) is 5.54. The van der Waals surface area contributed by atoms with E-state index in [2.05, 4.69) is 49.2 Å². The van der Waals surface area contributed by atoms with Crippen LogP contribution in [0.2, 0.25) is 0 Å². The van der Waals surface area contributed by atoms with Gasteiger partial charge in [-0.05, 0) is 50.4 Å². The molecule has 1 unspecified atom stereocenters. The number of nitrogens with zero attached hydrogens (tertiary/aromatic N) is 1. The highest BCUT2D eigenvalue weighted by molar-refractivity contribution is 5.58. The predicted molar refractivity (Wildman–Crippen MR) is 74.8 cm³/mol. The van der Waals surface area contributed by atoms with Gasteiger partial charge in [0.05, 0.1) is 0 Å². The van der Waals surface area contributed by atoms with Crippen LogP contribution in [0.1, 0.15) is 24.5 Å². The summed E-state index contributed by atoms with van der Waals surface area (Å²) in [5.41, 5.74) is 4.28. The first-order chi connectivity index (χ1) is 8.18. The van der Waals surface area contributed by atoms with Crippen LogP contribution < -0.4 is 10.2 Å². The van der Waals surface area contributed by atoms with Crippen LogP contribution in [0.5, 0.6) is 0 Å². The van der Waals surface area contributed by atoms with E-state index in [9.17, 15) is 0 Å². The van der Waals surface area contributed by atoms with Crippen molar-refractivity contribution < 1.29 is 0 Å². The van der Waals surface area contributed by atoms with Gasteiger partial charge in [0, 0.05) is 18.8 Å². The summed E-state index contributed by atoms with van der Waals surface area (Å²) in [4.78, 5) is 2.58. The normalized spacial score (nSPS) is 22.1. The van der Waals surface area contributed by atoms with Crippen LogP contribution in [-0.4, -0.2) is 26.2 Å². The van der Waals surface area contributed by atoms with Gasteiger partial charge >= 0.3 is 0 Å². The van der Waals surface area contributed by atoms with E-state index >= 15 is 0 Å². The Balaban J connectivity index is 2.23. The molecule has 1 saturated heterocycles. The van der Waals surface area contributed by atoms with Crippen LogP contribution in [0.15, 0.2) is 18.2 Å². The van der Waals surface area contributed by atoms with Crippen LogP contribution in [0.25, 0.3) is 0 Å². The number of hydrogen-bond acceptors (Lipinski definition) is 2. The number of anilines is 1. The van der Waals surface area contributed by atoms with Crippen molar-refractivity contribution in [2.45, 2.75) is 27.2 Å². The number of benzene rings is 1. The minimum absolute atomic E-state index is 0.717. The van der Waals surface area contributed by atoms with Crippen LogP contribution in [0.4, 0.5) is 5.69 Å². The van der Waals surface area contributed by atoms with Gasteiger partial charge in [-0.15, -0.1) is 0 Å². The molecule has 0 aliphatic carbocycles. The van der Waals surface area contributed by atoms with Gasteiger partial charge in [0.1, 0.15) is 0 Å². The molecule has 17 heavy (non-hydrogen) atoms. The van der Waals surface area contributed by atoms with E-state index in [0.29, 0.717) is 5.92 Å². The summed E-state index contributed by atoms with van der Waals surface area (Å²) < 4.78 is 0. The van der Waals surface area contributed by atoms with Crippen molar-refractivity contribution in [3.8, 4) is 0 Å². The van der Waals surface area contributed by atoms with Gasteiger partial charge < -0.3 is 10.2 Å². The van der Waals surface area contributed by atoms with Crippen molar-refractivity contribution in [3.63, 3.8) is 0 Å². The highest BCUT2D eigenvalue weighted by Crippen LogP contribution is 2.25. The van der Waals surface area contributed by atoms with Crippen molar-refractivity contribution in [1.82, 2.24) is 5.32 Å². The first-order valence-corrected chi connectivity index (χ1v) is 6.70. The molecule has 94 valence electrons. The smallest absolute Gasteiger partial charge is 0.0425 e. The molecule has 1 atom stereocenters. The topological polar surface area (TPSA) is 15.3 Å². The van der Waals surface area contributed by atoms with E-state index in [1.54, 1.807) is 0 Å². The fourth-order valence-electron chi connectivity index (χ4n) is 2.78. The quantitative estimate of drug-likeness (QED) is 0.801. The molecule has 1 aliphatic heterocycles. The Morgan fingerprint density at radius 2 is 1.94 bits per heavy atom. The van der Waals surface area contributed by atoms with Crippen LogP contribution in [0.3, 0.4) is 0 Å². The molecule has 2 rings (SSSR count). The Bertz CT molecular complexity index is 353. The first-order valence-electron chi connectivity index (χ1n) is 6.70.